The number of likely N-dealkylation sites (tertiary alicyclic amines) is 1. The highest BCUT2D eigenvalue weighted by molar-refractivity contribution is 5.79. The number of methoxy groups -OCH3 is 2. The largest absolute Gasteiger partial charge is 0.497 e. The molecule has 0 amide bonds. The first-order valence-electron chi connectivity index (χ1n) is 10.6. The van der Waals surface area contributed by atoms with Crippen molar-refractivity contribution in [3.63, 3.8) is 0 Å². The highest BCUT2D eigenvalue weighted by Gasteiger charge is 2.30. The van der Waals surface area contributed by atoms with Crippen LogP contribution in [0.2, 0.25) is 0 Å². The lowest BCUT2D eigenvalue weighted by atomic mass is 9.85. The van der Waals surface area contributed by atoms with E-state index in [4.69, 9.17) is 9.47 Å². The Balaban J connectivity index is 1.62. The topological polar surface area (TPSA) is 58.1 Å². The fourth-order valence-electron chi connectivity index (χ4n) is 4.28. The summed E-state index contributed by atoms with van der Waals surface area (Å²) < 4.78 is 10.8. The molecule has 2 N–H and O–H groups in total. The van der Waals surface area contributed by atoms with E-state index in [1.807, 2.05) is 25.2 Å². The second-order valence-corrected chi connectivity index (χ2v) is 7.72. The molecule has 0 spiro atoms. The van der Waals surface area contributed by atoms with Crippen LogP contribution in [0.4, 0.5) is 0 Å². The number of benzene rings is 2. The van der Waals surface area contributed by atoms with Gasteiger partial charge in [0.25, 0.3) is 0 Å². The molecule has 3 rings (SSSR count). The van der Waals surface area contributed by atoms with Gasteiger partial charge in [0.1, 0.15) is 11.5 Å². The zero-order valence-corrected chi connectivity index (χ0v) is 18.5. The molecule has 30 heavy (non-hydrogen) atoms. The Labute approximate surface area is 180 Å². The van der Waals surface area contributed by atoms with E-state index < -0.39 is 0 Å². The van der Waals surface area contributed by atoms with Crippen molar-refractivity contribution in [2.75, 3.05) is 41.4 Å². The maximum Gasteiger partial charge on any atom is 0.191 e. The number of hydrogen-bond donors (Lipinski definition) is 2. The van der Waals surface area contributed by atoms with Crippen LogP contribution >= 0.6 is 0 Å². The molecule has 0 bridgehead atoms. The second kappa shape index (κ2) is 10.9. The Morgan fingerprint density at radius 2 is 1.83 bits per heavy atom. The Morgan fingerprint density at radius 1 is 1.07 bits per heavy atom. The number of nitrogens with one attached hydrogen (secondary N) is 2. The van der Waals surface area contributed by atoms with Crippen molar-refractivity contribution in [2.24, 2.45) is 10.9 Å². The molecule has 1 heterocycles. The van der Waals surface area contributed by atoms with Gasteiger partial charge in [0.15, 0.2) is 5.96 Å². The molecule has 6 nitrogen and oxygen atoms in total. The molecule has 0 aromatic heterocycles. The number of hydrogen-bond acceptors (Lipinski definition) is 4. The molecule has 2 aromatic carbocycles. The van der Waals surface area contributed by atoms with Crippen LogP contribution in [-0.2, 0) is 6.54 Å². The van der Waals surface area contributed by atoms with Crippen molar-refractivity contribution in [1.29, 1.82) is 0 Å². The predicted octanol–water partition coefficient (Wildman–Crippen LogP) is 3.45. The van der Waals surface area contributed by atoms with E-state index in [0.29, 0.717) is 18.5 Å². The number of ether oxygens (including phenoxy) is 2. The average Bonchev–Trinajstić information content (AvgIpc) is 2.79. The Hall–Kier alpha value is -2.73. The third-order valence-corrected chi connectivity index (χ3v) is 5.86. The van der Waals surface area contributed by atoms with Crippen molar-refractivity contribution in [1.82, 2.24) is 15.5 Å². The van der Waals surface area contributed by atoms with Crippen LogP contribution in [0.1, 0.15) is 30.0 Å². The fourth-order valence-corrected chi connectivity index (χ4v) is 4.28. The molecule has 1 saturated heterocycles. The molecule has 162 valence electrons. The normalized spacial score (nSPS) is 19.9. The van der Waals surface area contributed by atoms with Gasteiger partial charge < -0.3 is 20.1 Å². The molecule has 6 heteroatoms. The van der Waals surface area contributed by atoms with Crippen LogP contribution in [0.25, 0.3) is 0 Å². The van der Waals surface area contributed by atoms with Gasteiger partial charge in [-0.3, -0.25) is 9.89 Å². The van der Waals surface area contributed by atoms with Crippen LogP contribution in [0.5, 0.6) is 11.5 Å². The van der Waals surface area contributed by atoms with Crippen molar-refractivity contribution in [3.05, 3.63) is 59.7 Å². The molecular formula is C24H34N4O2. The van der Waals surface area contributed by atoms with E-state index in [2.05, 4.69) is 57.9 Å². The first kappa shape index (κ1) is 22.0. The van der Waals surface area contributed by atoms with E-state index in [1.165, 1.54) is 18.4 Å². The summed E-state index contributed by atoms with van der Waals surface area (Å²) in [5, 5.41) is 6.95. The van der Waals surface area contributed by atoms with Crippen molar-refractivity contribution in [2.45, 2.75) is 25.4 Å². The summed E-state index contributed by atoms with van der Waals surface area (Å²) in [6.07, 6.45) is 2.40. The van der Waals surface area contributed by atoms with Gasteiger partial charge in [0, 0.05) is 31.7 Å². The van der Waals surface area contributed by atoms with E-state index in [9.17, 15) is 0 Å². The molecule has 0 radical (unpaired) electrons. The number of aliphatic imine (C=N–C) groups is 1. The molecule has 2 atom stereocenters. The molecular weight excluding hydrogens is 376 g/mol. The lowest BCUT2D eigenvalue weighted by Gasteiger charge is -2.40. The molecule has 1 aliphatic rings. The summed E-state index contributed by atoms with van der Waals surface area (Å²) in [7, 11) is 7.43. The summed E-state index contributed by atoms with van der Waals surface area (Å²) in [6, 6.07) is 16.9. The maximum atomic E-state index is 5.44. The Kier molecular flexibility index (Phi) is 7.97. The summed E-state index contributed by atoms with van der Waals surface area (Å²) in [5.74, 6) is 3.09. The van der Waals surface area contributed by atoms with Crippen molar-refractivity contribution >= 4 is 5.96 Å². The second-order valence-electron chi connectivity index (χ2n) is 7.72. The van der Waals surface area contributed by atoms with Crippen LogP contribution in [-0.4, -0.2) is 52.3 Å². The van der Waals surface area contributed by atoms with E-state index in [1.54, 1.807) is 14.2 Å². The summed E-state index contributed by atoms with van der Waals surface area (Å²) >= 11 is 0. The summed E-state index contributed by atoms with van der Waals surface area (Å²) in [6.45, 7) is 2.65. The third kappa shape index (κ3) is 5.45. The monoisotopic (exact) mass is 410 g/mol. The molecule has 1 aliphatic heterocycles. The Morgan fingerprint density at radius 3 is 2.53 bits per heavy atom. The van der Waals surface area contributed by atoms with Gasteiger partial charge in [-0.2, -0.15) is 0 Å². The first-order valence-corrected chi connectivity index (χ1v) is 10.6. The first-order chi connectivity index (χ1) is 14.7. The van der Waals surface area contributed by atoms with Crippen LogP contribution in [0.15, 0.2) is 53.5 Å². The molecule has 0 saturated carbocycles. The van der Waals surface area contributed by atoms with E-state index in [0.717, 1.165) is 36.1 Å². The van der Waals surface area contributed by atoms with Gasteiger partial charge in [0.05, 0.1) is 14.2 Å². The van der Waals surface area contributed by atoms with Gasteiger partial charge in [-0.05, 0) is 56.1 Å². The van der Waals surface area contributed by atoms with Crippen LogP contribution in [0, 0.1) is 5.92 Å². The number of piperidine rings is 1. The number of nitrogens with zero attached hydrogens (tertiary/aromatic N) is 2. The van der Waals surface area contributed by atoms with Gasteiger partial charge in [-0.25, -0.2) is 0 Å². The molecule has 1 fully saturated rings. The lowest BCUT2D eigenvalue weighted by molar-refractivity contribution is 0.122. The van der Waals surface area contributed by atoms with Gasteiger partial charge in [-0.15, -0.1) is 0 Å². The van der Waals surface area contributed by atoms with Gasteiger partial charge in [-0.1, -0.05) is 30.3 Å². The molecule has 2 unspecified atom stereocenters. The smallest absolute Gasteiger partial charge is 0.191 e. The minimum absolute atomic E-state index is 0.379. The van der Waals surface area contributed by atoms with E-state index in [-0.39, 0.29) is 0 Å². The standard InChI is InChI=1S/C24H34N4O2/c1-25-24(26-16-19-8-5-6-10-22(19)30-4)27-17-20-9-7-15-28(2)23(20)18-11-13-21(29-3)14-12-18/h5-6,8,10-14,20,23H,7,9,15-17H2,1-4H3,(H2,25,26,27). The number of para-hydroxylation sites is 1. The number of guanidine groups is 1. The third-order valence-electron chi connectivity index (χ3n) is 5.86. The van der Waals surface area contributed by atoms with Crippen LogP contribution in [0.3, 0.4) is 0 Å². The van der Waals surface area contributed by atoms with Gasteiger partial charge in [0.2, 0.25) is 0 Å². The zero-order chi connectivity index (χ0) is 21.3. The summed E-state index contributed by atoms with van der Waals surface area (Å²) in [4.78, 5) is 6.87. The SMILES string of the molecule is CN=C(NCc1ccccc1OC)NCC1CCCN(C)C1c1ccc(OC)cc1. The Bertz CT molecular complexity index is 822. The molecule has 0 aliphatic carbocycles. The maximum absolute atomic E-state index is 5.44. The minimum Gasteiger partial charge on any atom is -0.497 e. The average molecular weight is 411 g/mol. The van der Waals surface area contributed by atoms with Crippen molar-refractivity contribution < 1.29 is 9.47 Å². The highest BCUT2D eigenvalue weighted by Crippen LogP contribution is 2.35. The lowest BCUT2D eigenvalue weighted by Crippen LogP contribution is -2.44. The van der Waals surface area contributed by atoms with E-state index >= 15 is 0 Å². The minimum atomic E-state index is 0.379. The molecule has 2 aromatic rings. The number of rotatable bonds is 7. The quantitative estimate of drug-likeness (QED) is 0.541. The van der Waals surface area contributed by atoms with Crippen molar-refractivity contribution in [3.8, 4) is 11.5 Å². The fraction of sp³-hybridized carbons (Fsp3) is 0.458. The summed E-state index contributed by atoms with van der Waals surface area (Å²) in [5.41, 5.74) is 2.44. The zero-order valence-electron chi connectivity index (χ0n) is 18.5. The highest BCUT2D eigenvalue weighted by atomic mass is 16.5. The predicted molar refractivity (Wildman–Crippen MR) is 122 cm³/mol. The van der Waals surface area contributed by atoms with Gasteiger partial charge >= 0.3 is 0 Å². The van der Waals surface area contributed by atoms with Crippen LogP contribution < -0.4 is 20.1 Å².